The largest absolute Gasteiger partial charge is 0.352 e. The number of carbonyl (C=O) groups excluding carboxylic acids is 1. The first-order valence-electron chi connectivity index (χ1n) is 9.08. The van der Waals surface area contributed by atoms with Crippen LogP contribution in [0.2, 0.25) is 0 Å². The van der Waals surface area contributed by atoms with E-state index in [0.717, 1.165) is 12.8 Å². The molecule has 3 N–H and O–H groups in total. The highest BCUT2D eigenvalue weighted by atomic mass is 32.2. The van der Waals surface area contributed by atoms with Crippen LogP contribution in [-0.4, -0.2) is 49.2 Å². The van der Waals surface area contributed by atoms with Gasteiger partial charge in [-0.25, -0.2) is 8.42 Å². The van der Waals surface area contributed by atoms with Gasteiger partial charge in [-0.15, -0.1) is 0 Å². The molecule has 2 unspecified atom stereocenters. The number of hydrogen-bond donors (Lipinski definition) is 2. The number of hydrogen-bond acceptors (Lipinski definition) is 6. The van der Waals surface area contributed by atoms with Crippen LogP contribution in [0.25, 0.3) is 0 Å². The highest BCUT2D eigenvalue weighted by molar-refractivity contribution is 7.89. The number of carbonyl (C=O) groups is 1. The molecule has 2 aliphatic rings. The Bertz CT molecular complexity index is 807. The molecular formula is C17H24N4O5S. The Hall–Kier alpha value is -2.04. The highest BCUT2D eigenvalue weighted by Gasteiger charge is 2.36. The smallest absolute Gasteiger partial charge is 0.269 e. The molecule has 1 saturated heterocycles. The van der Waals surface area contributed by atoms with Crippen LogP contribution in [0.1, 0.15) is 25.7 Å². The van der Waals surface area contributed by atoms with E-state index in [0.29, 0.717) is 31.8 Å². The predicted octanol–water partition coefficient (Wildman–Crippen LogP) is 0.849. The molecule has 1 aromatic rings. The van der Waals surface area contributed by atoms with Gasteiger partial charge in [0.15, 0.2) is 0 Å². The summed E-state index contributed by atoms with van der Waals surface area (Å²) in [5, 5.41) is 13.7. The lowest BCUT2D eigenvalue weighted by Crippen LogP contribution is -2.49. The number of rotatable bonds is 7. The number of nitro groups is 1. The van der Waals surface area contributed by atoms with Crippen molar-refractivity contribution >= 4 is 21.6 Å². The molecule has 3 rings (SSSR count). The first-order chi connectivity index (χ1) is 12.8. The molecule has 148 valence electrons. The van der Waals surface area contributed by atoms with E-state index in [1.807, 2.05) is 0 Å². The van der Waals surface area contributed by atoms with Crippen LogP contribution in [0, 0.1) is 22.0 Å². The zero-order valence-electron chi connectivity index (χ0n) is 14.9. The average molecular weight is 396 g/mol. The Labute approximate surface area is 158 Å². The summed E-state index contributed by atoms with van der Waals surface area (Å²) in [6.45, 7) is 0.813. The molecule has 2 atom stereocenters. The lowest BCUT2D eigenvalue weighted by atomic mass is 9.98. The molecule has 1 amide bonds. The fourth-order valence-corrected chi connectivity index (χ4v) is 4.96. The van der Waals surface area contributed by atoms with E-state index in [9.17, 15) is 23.3 Å². The maximum atomic E-state index is 12.8. The van der Waals surface area contributed by atoms with Crippen LogP contribution in [-0.2, 0) is 14.8 Å². The van der Waals surface area contributed by atoms with E-state index in [2.05, 4.69) is 5.32 Å². The Morgan fingerprint density at radius 3 is 2.52 bits per heavy atom. The van der Waals surface area contributed by atoms with Crippen molar-refractivity contribution in [3.05, 3.63) is 34.4 Å². The summed E-state index contributed by atoms with van der Waals surface area (Å²) in [7, 11) is -3.80. The van der Waals surface area contributed by atoms with Gasteiger partial charge in [-0.1, -0.05) is 0 Å². The normalized spacial score (nSPS) is 22.2. The molecule has 9 nitrogen and oxygen atoms in total. The van der Waals surface area contributed by atoms with Gasteiger partial charge in [0.05, 0.1) is 15.7 Å². The van der Waals surface area contributed by atoms with Gasteiger partial charge in [0.25, 0.3) is 5.69 Å². The monoisotopic (exact) mass is 396 g/mol. The molecule has 0 spiro atoms. The van der Waals surface area contributed by atoms with Crippen LogP contribution in [0.3, 0.4) is 0 Å². The number of nitrogens with zero attached hydrogens (tertiary/aromatic N) is 2. The second-order valence-corrected chi connectivity index (χ2v) is 9.08. The number of nitrogens with one attached hydrogen (secondary N) is 1. The Kier molecular flexibility index (Phi) is 5.78. The van der Waals surface area contributed by atoms with E-state index < -0.39 is 20.9 Å². The SMILES string of the molecule is NCC(NC(=O)C1CCCN(S(=O)(=O)c2ccc([N+](=O)[O-])cc2)C1)C1CC1. The molecule has 10 heteroatoms. The van der Waals surface area contributed by atoms with Gasteiger partial charge < -0.3 is 11.1 Å². The first-order valence-corrected chi connectivity index (χ1v) is 10.5. The maximum Gasteiger partial charge on any atom is 0.269 e. The molecule has 0 radical (unpaired) electrons. The van der Waals surface area contributed by atoms with Gasteiger partial charge in [0.1, 0.15) is 0 Å². The fourth-order valence-electron chi connectivity index (χ4n) is 3.43. The van der Waals surface area contributed by atoms with E-state index in [-0.39, 0.29) is 29.1 Å². The molecule has 1 aliphatic heterocycles. The van der Waals surface area contributed by atoms with Crippen molar-refractivity contribution in [3.8, 4) is 0 Å². The second kappa shape index (κ2) is 7.91. The minimum absolute atomic E-state index is 0.00743. The lowest BCUT2D eigenvalue weighted by Gasteiger charge is -2.32. The summed E-state index contributed by atoms with van der Waals surface area (Å²) in [6, 6.07) is 4.76. The standard InChI is InChI=1S/C17H24N4O5S/c18-10-16(12-3-4-12)19-17(22)13-2-1-9-20(11-13)27(25,26)15-7-5-14(6-8-15)21(23)24/h5-8,12-13,16H,1-4,9-11,18H2,(H,19,22). The number of nitrogens with two attached hydrogens (primary N) is 1. The molecule has 1 aliphatic carbocycles. The van der Waals surface area contributed by atoms with Gasteiger partial charge in [0, 0.05) is 37.8 Å². The van der Waals surface area contributed by atoms with Gasteiger partial charge in [0.2, 0.25) is 15.9 Å². The Morgan fingerprint density at radius 1 is 1.30 bits per heavy atom. The molecule has 0 bridgehead atoms. The average Bonchev–Trinajstić information content (AvgIpc) is 3.51. The van der Waals surface area contributed by atoms with Crippen LogP contribution >= 0.6 is 0 Å². The van der Waals surface area contributed by atoms with Gasteiger partial charge in [-0.2, -0.15) is 4.31 Å². The van der Waals surface area contributed by atoms with Crippen molar-refractivity contribution < 1.29 is 18.1 Å². The van der Waals surface area contributed by atoms with Crippen molar-refractivity contribution in [3.63, 3.8) is 0 Å². The number of nitro benzene ring substituents is 1. The first kappa shape index (κ1) is 19.7. The van der Waals surface area contributed by atoms with E-state index in [1.165, 1.54) is 28.6 Å². The van der Waals surface area contributed by atoms with Gasteiger partial charge in [-0.3, -0.25) is 14.9 Å². The van der Waals surface area contributed by atoms with Crippen molar-refractivity contribution in [2.24, 2.45) is 17.6 Å². The summed E-state index contributed by atoms with van der Waals surface area (Å²) >= 11 is 0. The van der Waals surface area contributed by atoms with Gasteiger partial charge in [-0.05, 0) is 43.7 Å². The van der Waals surface area contributed by atoms with Crippen molar-refractivity contribution in [1.82, 2.24) is 9.62 Å². The quantitative estimate of drug-likeness (QED) is 0.518. The predicted molar refractivity (Wildman–Crippen MR) is 98.3 cm³/mol. The molecule has 1 aromatic carbocycles. The summed E-state index contributed by atoms with van der Waals surface area (Å²) in [5.41, 5.74) is 5.56. The summed E-state index contributed by atoms with van der Waals surface area (Å²) in [6.07, 6.45) is 3.34. The Balaban J connectivity index is 1.68. The summed E-state index contributed by atoms with van der Waals surface area (Å²) < 4.78 is 27.0. The van der Waals surface area contributed by atoms with E-state index in [4.69, 9.17) is 5.73 Å². The minimum atomic E-state index is -3.80. The van der Waals surface area contributed by atoms with E-state index in [1.54, 1.807) is 0 Å². The van der Waals surface area contributed by atoms with Crippen molar-refractivity contribution in [2.45, 2.75) is 36.6 Å². The molecule has 1 saturated carbocycles. The third kappa shape index (κ3) is 4.45. The molecule has 1 heterocycles. The van der Waals surface area contributed by atoms with E-state index >= 15 is 0 Å². The number of amides is 1. The molecular weight excluding hydrogens is 372 g/mol. The van der Waals surface area contributed by atoms with Crippen molar-refractivity contribution in [1.29, 1.82) is 0 Å². The molecule has 27 heavy (non-hydrogen) atoms. The summed E-state index contributed by atoms with van der Waals surface area (Å²) in [5.74, 6) is -0.136. The number of non-ortho nitro benzene ring substituents is 1. The lowest BCUT2D eigenvalue weighted by molar-refractivity contribution is -0.384. The summed E-state index contributed by atoms with van der Waals surface area (Å²) in [4.78, 5) is 22.7. The topological polar surface area (TPSA) is 136 Å². The molecule has 0 aromatic heterocycles. The third-order valence-corrected chi connectivity index (χ3v) is 7.09. The zero-order valence-corrected chi connectivity index (χ0v) is 15.7. The van der Waals surface area contributed by atoms with Crippen LogP contribution in [0.5, 0.6) is 0 Å². The number of piperidine rings is 1. The fraction of sp³-hybridized carbons (Fsp3) is 0.588. The van der Waals surface area contributed by atoms with Crippen molar-refractivity contribution in [2.75, 3.05) is 19.6 Å². The van der Waals surface area contributed by atoms with Crippen LogP contribution in [0.15, 0.2) is 29.2 Å². The second-order valence-electron chi connectivity index (χ2n) is 7.14. The number of sulfonamides is 1. The maximum absolute atomic E-state index is 12.8. The highest BCUT2D eigenvalue weighted by Crippen LogP contribution is 2.32. The number of benzene rings is 1. The third-order valence-electron chi connectivity index (χ3n) is 5.21. The van der Waals surface area contributed by atoms with Crippen LogP contribution < -0.4 is 11.1 Å². The molecule has 2 fully saturated rings. The van der Waals surface area contributed by atoms with Gasteiger partial charge >= 0.3 is 0 Å². The van der Waals surface area contributed by atoms with Crippen LogP contribution in [0.4, 0.5) is 5.69 Å². The Morgan fingerprint density at radius 2 is 1.96 bits per heavy atom. The minimum Gasteiger partial charge on any atom is -0.352 e. The zero-order chi connectivity index (χ0) is 19.6.